The van der Waals surface area contributed by atoms with Crippen molar-refractivity contribution in [3.63, 3.8) is 0 Å². The van der Waals surface area contributed by atoms with Crippen LogP contribution in [0.1, 0.15) is 58.9 Å². The molecular weight excluding hydrogens is 220 g/mol. The van der Waals surface area contributed by atoms with Gasteiger partial charge in [-0.3, -0.25) is 0 Å². The van der Waals surface area contributed by atoms with E-state index in [0.29, 0.717) is 0 Å². The van der Waals surface area contributed by atoms with E-state index < -0.39 is 0 Å². The van der Waals surface area contributed by atoms with Crippen molar-refractivity contribution in [1.29, 1.82) is 0 Å². The lowest BCUT2D eigenvalue weighted by Crippen LogP contribution is -2.27. The predicted octanol–water partition coefficient (Wildman–Crippen LogP) is 5.20. The standard InChI is InChI=1S/C17H28O/c1-5-17(4,13-9-10-15(2)3)18-14-16-11-7-6-8-12-16/h6-8,11-12,15H,5,9-10,13-14H2,1-4H3. The Bertz CT molecular complexity index is 318. The van der Waals surface area contributed by atoms with E-state index in [2.05, 4.69) is 52.0 Å². The lowest BCUT2D eigenvalue weighted by atomic mass is 9.93. The van der Waals surface area contributed by atoms with Crippen molar-refractivity contribution in [1.82, 2.24) is 0 Å². The topological polar surface area (TPSA) is 9.23 Å². The highest BCUT2D eigenvalue weighted by Gasteiger charge is 2.22. The van der Waals surface area contributed by atoms with Crippen molar-refractivity contribution in [2.45, 2.75) is 65.6 Å². The normalized spacial score (nSPS) is 14.7. The average molecular weight is 248 g/mol. The van der Waals surface area contributed by atoms with Crippen LogP contribution in [0.2, 0.25) is 0 Å². The molecule has 1 nitrogen and oxygen atoms in total. The van der Waals surface area contributed by atoms with Gasteiger partial charge in [-0.15, -0.1) is 0 Å². The van der Waals surface area contributed by atoms with Crippen molar-refractivity contribution in [3.8, 4) is 0 Å². The molecule has 0 spiro atoms. The molecule has 0 amide bonds. The second-order valence-corrected chi connectivity index (χ2v) is 5.86. The molecule has 0 saturated carbocycles. The summed E-state index contributed by atoms with van der Waals surface area (Å²) in [5, 5.41) is 0. The highest BCUT2D eigenvalue weighted by atomic mass is 16.5. The first kappa shape index (κ1) is 15.2. The molecule has 1 rings (SSSR count). The van der Waals surface area contributed by atoms with Crippen LogP contribution in [-0.4, -0.2) is 5.60 Å². The summed E-state index contributed by atoms with van der Waals surface area (Å²) in [5.41, 5.74) is 1.30. The Labute approximate surface area is 113 Å². The lowest BCUT2D eigenvalue weighted by molar-refractivity contribution is -0.0533. The summed E-state index contributed by atoms with van der Waals surface area (Å²) in [6, 6.07) is 10.4. The van der Waals surface area contributed by atoms with Crippen LogP contribution in [-0.2, 0) is 11.3 Å². The summed E-state index contributed by atoms with van der Waals surface area (Å²) >= 11 is 0. The van der Waals surface area contributed by atoms with Gasteiger partial charge < -0.3 is 4.74 Å². The second-order valence-electron chi connectivity index (χ2n) is 5.86. The molecule has 1 heteroatoms. The van der Waals surface area contributed by atoms with Crippen LogP contribution in [0.3, 0.4) is 0 Å². The van der Waals surface area contributed by atoms with Crippen LogP contribution >= 0.6 is 0 Å². The number of hydrogen-bond donors (Lipinski definition) is 0. The Hall–Kier alpha value is -0.820. The average Bonchev–Trinajstić information content (AvgIpc) is 2.37. The second kappa shape index (κ2) is 7.58. The Morgan fingerprint density at radius 1 is 1.17 bits per heavy atom. The van der Waals surface area contributed by atoms with E-state index >= 15 is 0 Å². The van der Waals surface area contributed by atoms with Crippen molar-refractivity contribution < 1.29 is 4.74 Å². The van der Waals surface area contributed by atoms with E-state index in [-0.39, 0.29) is 5.60 Å². The maximum atomic E-state index is 6.15. The van der Waals surface area contributed by atoms with Gasteiger partial charge in [0.15, 0.2) is 0 Å². The van der Waals surface area contributed by atoms with Gasteiger partial charge in [-0.05, 0) is 31.2 Å². The fraction of sp³-hybridized carbons (Fsp3) is 0.647. The first-order chi connectivity index (χ1) is 8.56. The molecule has 1 atom stereocenters. The highest BCUT2D eigenvalue weighted by molar-refractivity contribution is 5.13. The van der Waals surface area contributed by atoms with Gasteiger partial charge in [0.05, 0.1) is 12.2 Å². The molecule has 0 aliphatic heterocycles. The molecule has 0 fully saturated rings. The third kappa shape index (κ3) is 5.68. The number of rotatable bonds is 8. The van der Waals surface area contributed by atoms with Crippen LogP contribution in [0, 0.1) is 5.92 Å². The van der Waals surface area contributed by atoms with Gasteiger partial charge in [-0.25, -0.2) is 0 Å². The van der Waals surface area contributed by atoms with Crippen molar-refractivity contribution in [3.05, 3.63) is 35.9 Å². The number of benzene rings is 1. The largest absolute Gasteiger partial charge is 0.371 e. The van der Waals surface area contributed by atoms with E-state index in [1.165, 1.54) is 18.4 Å². The third-order valence-electron chi connectivity index (χ3n) is 3.67. The first-order valence-electron chi connectivity index (χ1n) is 7.23. The molecule has 1 aromatic rings. The molecular formula is C17H28O. The van der Waals surface area contributed by atoms with Gasteiger partial charge in [0.2, 0.25) is 0 Å². The van der Waals surface area contributed by atoms with E-state index in [4.69, 9.17) is 4.74 Å². The van der Waals surface area contributed by atoms with Crippen LogP contribution < -0.4 is 0 Å². The Kier molecular flexibility index (Phi) is 6.42. The zero-order chi connectivity index (χ0) is 13.4. The molecule has 102 valence electrons. The molecule has 0 heterocycles. The fourth-order valence-electron chi connectivity index (χ4n) is 2.07. The SMILES string of the molecule is CCC(C)(CCCC(C)C)OCc1ccccc1. The minimum absolute atomic E-state index is 0.0325. The maximum absolute atomic E-state index is 6.15. The molecule has 0 radical (unpaired) electrons. The van der Waals surface area contributed by atoms with Gasteiger partial charge >= 0.3 is 0 Å². The van der Waals surface area contributed by atoms with Gasteiger partial charge in [0.1, 0.15) is 0 Å². The van der Waals surface area contributed by atoms with E-state index in [0.717, 1.165) is 25.4 Å². The van der Waals surface area contributed by atoms with Gasteiger partial charge in [-0.2, -0.15) is 0 Å². The van der Waals surface area contributed by atoms with Crippen molar-refractivity contribution in [2.75, 3.05) is 0 Å². The molecule has 0 N–H and O–H groups in total. The molecule has 1 aromatic carbocycles. The Balaban J connectivity index is 2.39. The van der Waals surface area contributed by atoms with E-state index in [9.17, 15) is 0 Å². The summed E-state index contributed by atoms with van der Waals surface area (Å²) in [5.74, 6) is 0.792. The third-order valence-corrected chi connectivity index (χ3v) is 3.67. The molecule has 0 aliphatic rings. The van der Waals surface area contributed by atoms with Crippen molar-refractivity contribution >= 4 is 0 Å². The van der Waals surface area contributed by atoms with Gasteiger partial charge in [0, 0.05) is 0 Å². The summed E-state index contributed by atoms with van der Waals surface area (Å²) in [4.78, 5) is 0. The van der Waals surface area contributed by atoms with Gasteiger partial charge in [0.25, 0.3) is 0 Å². The van der Waals surface area contributed by atoms with Crippen LogP contribution in [0.4, 0.5) is 0 Å². The molecule has 0 saturated heterocycles. The van der Waals surface area contributed by atoms with Gasteiger partial charge in [-0.1, -0.05) is 63.9 Å². The monoisotopic (exact) mass is 248 g/mol. The zero-order valence-corrected chi connectivity index (χ0v) is 12.4. The maximum Gasteiger partial charge on any atom is 0.0724 e. The minimum atomic E-state index is 0.0325. The zero-order valence-electron chi connectivity index (χ0n) is 12.4. The summed E-state index contributed by atoms with van der Waals surface area (Å²) in [7, 11) is 0. The summed E-state index contributed by atoms with van der Waals surface area (Å²) in [6.07, 6.45) is 4.80. The summed E-state index contributed by atoms with van der Waals surface area (Å²) in [6.45, 7) is 9.77. The molecule has 18 heavy (non-hydrogen) atoms. The Morgan fingerprint density at radius 2 is 1.83 bits per heavy atom. The summed E-state index contributed by atoms with van der Waals surface area (Å²) < 4.78 is 6.15. The van der Waals surface area contributed by atoms with Crippen molar-refractivity contribution in [2.24, 2.45) is 5.92 Å². The first-order valence-corrected chi connectivity index (χ1v) is 7.23. The molecule has 0 bridgehead atoms. The van der Waals surface area contributed by atoms with E-state index in [1.54, 1.807) is 0 Å². The lowest BCUT2D eigenvalue weighted by Gasteiger charge is -2.29. The van der Waals surface area contributed by atoms with Crippen LogP contribution in [0.15, 0.2) is 30.3 Å². The molecule has 0 aliphatic carbocycles. The predicted molar refractivity (Wildman–Crippen MR) is 78.6 cm³/mol. The minimum Gasteiger partial charge on any atom is -0.371 e. The number of hydrogen-bond acceptors (Lipinski definition) is 1. The smallest absolute Gasteiger partial charge is 0.0724 e. The molecule has 1 unspecified atom stereocenters. The van der Waals surface area contributed by atoms with Crippen LogP contribution in [0.25, 0.3) is 0 Å². The molecule has 0 aromatic heterocycles. The van der Waals surface area contributed by atoms with E-state index in [1.807, 2.05) is 6.07 Å². The fourth-order valence-corrected chi connectivity index (χ4v) is 2.07. The van der Waals surface area contributed by atoms with Crippen LogP contribution in [0.5, 0.6) is 0 Å². The highest BCUT2D eigenvalue weighted by Crippen LogP contribution is 2.25. The Morgan fingerprint density at radius 3 is 2.39 bits per heavy atom. The number of ether oxygens (including phenoxy) is 1. The quantitative estimate of drug-likeness (QED) is 0.614.